The fourth-order valence-electron chi connectivity index (χ4n) is 4.04. The molecule has 1 atom stereocenters. The molecule has 1 saturated heterocycles. The summed E-state index contributed by atoms with van der Waals surface area (Å²) in [4.78, 5) is 50.1. The molecule has 11 heteroatoms. The van der Waals surface area contributed by atoms with Gasteiger partial charge in [0.05, 0.1) is 5.69 Å². The SMILES string of the molecule is CCc1nc(C(N)=O)c(Nc2cccc(CCNC(=O)C(C)NC(=O)C(C)=CCN3CCC3)c2)nc1N(C)C. The molecule has 0 saturated carbocycles. The monoisotopic (exact) mass is 536 g/mol. The standard InChI is InChI=1S/C28H40N8O3/c1-6-22-26(35(4)5)34-25(23(33-22)24(29)37)32-21-10-7-9-20(17-21)11-13-30-28(39)19(3)31-27(38)18(2)12-16-36-14-8-15-36/h7,9-10,12,17,19H,6,8,11,13-16H2,1-5H3,(H2,29,37)(H,30,39)(H,31,38)(H,32,34). The Hall–Kier alpha value is -3.99. The van der Waals surface area contributed by atoms with Crippen LogP contribution >= 0.6 is 0 Å². The number of hydrogen-bond donors (Lipinski definition) is 4. The third kappa shape index (κ3) is 8.25. The van der Waals surface area contributed by atoms with Crippen molar-refractivity contribution in [3.63, 3.8) is 0 Å². The minimum absolute atomic E-state index is 0.0804. The lowest BCUT2D eigenvalue weighted by molar-refractivity contribution is -0.126. The second kappa shape index (κ2) is 13.7. The predicted molar refractivity (Wildman–Crippen MR) is 153 cm³/mol. The van der Waals surface area contributed by atoms with Crippen LogP contribution in [0.25, 0.3) is 0 Å². The van der Waals surface area contributed by atoms with E-state index in [4.69, 9.17) is 5.73 Å². The van der Waals surface area contributed by atoms with E-state index < -0.39 is 11.9 Å². The first-order chi connectivity index (χ1) is 18.6. The third-order valence-electron chi connectivity index (χ3n) is 6.54. The summed E-state index contributed by atoms with van der Waals surface area (Å²) < 4.78 is 0. The number of rotatable bonds is 13. The maximum Gasteiger partial charge on any atom is 0.271 e. The van der Waals surface area contributed by atoms with Gasteiger partial charge in [0.1, 0.15) is 6.04 Å². The van der Waals surface area contributed by atoms with Gasteiger partial charge < -0.3 is 26.6 Å². The number of aryl methyl sites for hydroxylation is 1. The smallest absolute Gasteiger partial charge is 0.271 e. The minimum Gasteiger partial charge on any atom is -0.364 e. The molecule has 1 aromatic heterocycles. The van der Waals surface area contributed by atoms with Gasteiger partial charge in [0.15, 0.2) is 17.3 Å². The van der Waals surface area contributed by atoms with Crippen LogP contribution in [-0.2, 0) is 22.4 Å². The van der Waals surface area contributed by atoms with Crippen LogP contribution < -0.4 is 26.6 Å². The summed E-state index contributed by atoms with van der Waals surface area (Å²) >= 11 is 0. The molecule has 11 nitrogen and oxygen atoms in total. The Morgan fingerprint density at radius 2 is 1.95 bits per heavy atom. The Labute approximate surface area is 230 Å². The number of carbonyl (C=O) groups is 3. The molecule has 2 aromatic rings. The Balaban J connectivity index is 1.56. The molecule has 5 N–H and O–H groups in total. The van der Waals surface area contributed by atoms with E-state index in [2.05, 4.69) is 30.8 Å². The number of anilines is 3. The van der Waals surface area contributed by atoms with E-state index >= 15 is 0 Å². The highest BCUT2D eigenvalue weighted by Gasteiger charge is 2.19. The maximum atomic E-state index is 12.5. The van der Waals surface area contributed by atoms with Gasteiger partial charge >= 0.3 is 0 Å². The number of nitrogens with zero attached hydrogens (tertiary/aromatic N) is 4. The molecule has 0 spiro atoms. The van der Waals surface area contributed by atoms with Crippen LogP contribution in [0, 0.1) is 0 Å². The van der Waals surface area contributed by atoms with Crippen LogP contribution in [0.2, 0.25) is 0 Å². The number of aromatic nitrogens is 2. The molecule has 3 amide bonds. The fourth-order valence-corrected chi connectivity index (χ4v) is 4.04. The van der Waals surface area contributed by atoms with Crippen molar-refractivity contribution in [2.75, 3.05) is 50.5 Å². The molecule has 1 fully saturated rings. The summed E-state index contributed by atoms with van der Waals surface area (Å²) in [6, 6.07) is 6.94. The van der Waals surface area contributed by atoms with Crippen molar-refractivity contribution in [2.24, 2.45) is 5.73 Å². The summed E-state index contributed by atoms with van der Waals surface area (Å²) in [6.07, 6.45) is 4.28. The average molecular weight is 537 g/mol. The second-order valence-corrected chi connectivity index (χ2v) is 9.91. The molecular weight excluding hydrogens is 496 g/mol. The predicted octanol–water partition coefficient (Wildman–Crippen LogP) is 1.76. The Kier molecular flexibility index (Phi) is 10.4. The van der Waals surface area contributed by atoms with Crippen molar-refractivity contribution < 1.29 is 14.4 Å². The van der Waals surface area contributed by atoms with E-state index in [1.807, 2.05) is 56.3 Å². The first-order valence-corrected chi connectivity index (χ1v) is 13.3. The van der Waals surface area contributed by atoms with E-state index in [0.29, 0.717) is 42.2 Å². The molecule has 39 heavy (non-hydrogen) atoms. The van der Waals surface area contributed by atoms with Crippen LogP contribution in [0.5, 0.6) is 0 Å². The zero-order chi connectivity index (χ0) is 28.5. The number of amides is 3. The maximum absolute atomic E-state index is 12.5. The number of benzene rings is 1. The van der Waals surface area contributed by atoms with E-state index in [1.54, 1.807) is 13.8 Å². The van der Waals surface area contributed by atoms with E-state index in [1.165, 1.54) is 6.42 Å². The summed E-state index contributed by atoms with van der Waals surface area (Å²) in [5, 5.41) is 8.81. The van der Waals surface area contributed by atoms with E-state index in [0.717, 1.165) is 25.2 Å². The lowest BCUT2D eigenvalue weighted by atomic mass is 10.1. The molecule has 0 aliphatic carbocycles. The summed E-state index contributed by atoms with van der Waals surface area (Å²) in [5.74, 6) is -0.201. The first kappa shape index (κ1) is 29.6. The summed E-state index contributed by atoms with van der Waals surface area (Å²) in [5.41, 5.74) is 8.64. The normalized spacial score (nSPS) is 14.2. The van der Waals surface area contributed by atoms with Crippen LogP contribution in [0.3, 0.4) is 0 Å². The van der Waals surface area contributed by atoms with Crippen molar-refractivity contribution in [1.29, 1.82) is 0 Å². The lowest BCUT2D eigenvalue weighted by Crippen LogP contribution is -2.45. The van der Waals surface area contributed by atoms with Gasteiger partial charge in [-0.2, -0.15) is 0 Å². The molecule has 1 unspecified atom stereocenters. The average Bonchev–Trinajstić information content (AvgIpc) is 2.87. The van der Waals surface area contributed by atoms with E-state index in [9.17, 15) is 14.4 Å². The fraction of sp³-hybridized carbons (Fsp3) is 0.464. The van der Waals surface area contributed by atoms with Crippen LogP contribution in [-0.4, -0.2) is 78.9 Å². The number of hydrogen-bond acceptors (Lipinski definition) is 8. The van der Waals surface area contributed by atoms with Crippen LogP contribution in [0.15, 0.2) is 35.9 Å². The van der Waals surface area contributed by atoms with Crippen molar-refractivity contribution >= 4 is 35.0 Å². The molecule has 1 aliphatic rings. The molecular formula is C28H40N8O3. The van der Waals surface area contributed by atoms with Gasteiger partial charge in [-0.1, -0.05) is 25.1 Å². The molecule has 0 radical (unpaired) electrons. The highest BCUT2D eigenvalue weighted by Crippen LogP contribution is 2.24. The zero-order valence-electron chi connectivity index (χ0n) is 23.5. The Bertz CT molecular complexity index is 1220. The summed E-state index contributed by atoms with van der Waals surface area (Å²) in [7, 11) is 3.73. The number of nitrogens with two attached hydrogens (primary N) is 1. The van der Waals surface area contributed by atoms with Gasteiger partial charge in [0.2, 0.25) is 11.8 Å². The number of primary amides is 1. The zero-order valence-corrected chi connectivity index (χ0v) is 23.5. The van der Waals surface area contributed by atoms with Crippen LogP contribution in [0.1, 0.15) is 48.9 Å². The number of nitrogens with one attached hydrogen (secondary N) is 3. The van der Waals surface area contributed by atoms with Crippen molar-refractivity contribution in [1.82, 2.24) is 25.5 Å². The van der Waals surface area contributed by atoms with Gasteiger partial charge in [-0.3, -0.25) is 19.3 Å². The largest absolute Gasteiger partial charge is 0.364 e. The van der Waals surface area contributed by atoms with Crippen molar-refractivity contribution in [3.8, 4) is 0 Å². The van der Waals surface area contributed by atoms with Crippen LogP contribution in [0.4, 0.5) is 17.3 Å². The number of carbonyl (C=O) groups excluding carboxylic acids is 3. The Morgan fingerprint density at radius 1 is 1.21 bits per heavy atom. The molecule has 2 heterocycles. The highest BCUT2D eigenvalue weighted by atomic mass is 16.2. The van der Waals surface area contributed by atoms with Gasteiger partial charge in [-0.15, -0.1) is 0 Å². The third-order valence-corrected chi connectivity index (χ3v) is 6.54. The quantitative estimate of drug-likeness (QED) is 0.283. The van der Waals surface area contributed by atoms with E-state index in [-0.39, 0.29) is 23.3 Å². The van der Waals surface area contributed by atoms with Gasteiger partial charge in [-0.25, -0.2) is 9.97 Å². The summed E-state index contributed by atoms with van der Waals surface area (Å²) in [6.45, 7) is 8.66. The van der Waals surface area contributed by atoms with Gasteiger partial charge in [0, 0.05) is 38.4 Å². The van der Waals surface area contributed by atoms with Gasteiger partial charge in [-0.05, 0) is 63.9 Å². The molecule has 210 valence electrons. The van der Waals surface area contributed by atoms with Crippen molar-refractivity contribution in [3.05, 3.63) is 52.9 Å². The van der Waals surface area contributed by atoms with Crippen molar-refractivity contribution in [2.45, 2.75) is 46.1 Å². The minimum atomic E-state index is -0.660. The molecule has 1 aromatic carbocycles. The number of likely N-dealkylation sites (tertiary alicyclic amines) is 1. The molecule has 1 aliphatic heterocycles. The first-order valence-electron chi connectivity index (χ1n) is 13.3. The second-order valence-electron chi connectivity index (χ2n) is 9.91. The highest BCUT2D eigenvalue weighted by molar-refractivity contribution is 5.97. The molecule has 0 bridgehead atoms. The topological polar surface area (TPSA) is 146 Å². The molecule has 3 rings (SSSR count). The Morgan fingerprint density at radius 3 is 2.56 bits per heavy atom. The van der Waals surface area contributed by atoms with Gasteiger partial charge in [0.25, 0.3) is 5.91 Å². The lowest BCUT2D eigenvalue weighted by Gasteiger charge is -2.29.